The average molecular weight is 452 g/mol. The number of nitrogen functional groups attached to an aromatic ring is 1. The van der Waals surface area contributed by atoms with E-state index in [0.29, 0.717) is 41.2 Å². The van der Waals surface area contributed by atoms with Crippen LogP contribution < -0.4 is 15.8 Å². The molecule has 0 atom stereocenters. The topological polar surface area (TPSA) is 95.1 Å². The minimum atomic E-state index is -0.271. The van der Waals surface area contributed by atoms with Crippen molar-refractivity contribution < 1.29 is 9.53 Å². The number of nitrogens with two attached hydrogens (primary N) is 1. The molecule has 7 heteroatoms. The maximum Gasteiger partial charge on any atom is 0.257 e. The van der Waals surface area contributed by atoms with Gasteiger partial charge in [0.2, 0.25) is 0 Å². The molecule has 0 bridgehead atoms. The Morgan fingerprint density at radius 3 is 2.32 bits per heavy atom. The molecule has 3 N–H and O–H groups in total. The number of nitrogens with zero attached hydrogens (tertiary/aromatic N) is 3. The van der Waals surface area contributed by atoms with E-state index in [2.05, 4.69) is 5.32 Å². The summed E-state index contributed by atoms with van der Waals surface area (Å²) in [5.41, 5.74) is 11.3. The fourth-order valence-corrected chi connectivity index (χ4v) is 4.06. The van der Waals surface area contributed by atoms with Gasteiger partial charge in [-0.05, 0) is 55.3 Å². The molecule has 0 unspecified atom stereocenters. The normalized spacial score (nSPS) is 11.1. The van der Waals surface area contributed by atoms with E-state index in [-0.39, 0.29) is 5.91 Å². The van der Waals surface area contributed by atoms with Crippen LogP contribution in [0, 0.1) is 0 Å². The molecule has 0 spiro atoms. The molecular formula is C27H25N5O2. The number of nitrogens with one attached hydrogen (secondary N) is 1. The van der Waals surface area contributed by atoms with Crippen molar-refractivity contribution in [3.05, 3.63) is 90.0 Å². The van der Waals surface area contributed by atoms with Crippen LogP contribution >= 0.6 is 0 Å². The second-order valence-electron chi connectivity index (χ2n) is 7.90. The molecule has 34 heavy (non-hydrogen) atoms. The Hall–Kier alpha value is -4.39. The van der Waals surface area contributed by atoms with E-state index >= 15 is 0 Å². The van der Waals surface area contributed by atoms with Gasteiger partial charge in [0.25, 0.3) is 5.91 Å². The van der Waals surface area contributed by atoms with Gasteiger partial charge < -0.3 is 15.8 Å². The highest BCUT2D eigenvalue weighted by atomic mass is 16.5. The van der Waals surface area contributed by atoms with Crippen LogP contribution in [0.2, 0.25) is 0 Å². The van der Waals surface area contributed by atoms with E-state index in [1.807, 2.05) is 85.8 Å². The SMILES string of the molecule is CCOc1ccc(-n2c(N)c(C(=O)NCCc3ccccc3)c3nc4ccccc4nc32)cc1. The van der Waals surface area contributed by atoms with Gasteiger partial charge in [-0.1, -0.05) is 42.5 Å². The highest BCUT2D eigenvalue weighted by Crippen LogP contribution is 2.31. The average Bonchev–Trinajstić information content (AvgIpc) is 3.14. The third kappa shape index (κ3) is 4.03. The van der Waals surface area contributed by atoms with Crippen LogP contribution in [0.3, 0.4) is 0 Å². The molecule has 3 aromatic carbocycles. The first-order valence-electron chi connectivity index (χ1n) is 11.3. The summed E-state index contributed by atoms with van der Waals surface area (Å²) in [5, 5.41) is 3.00. The number of para-hydroxylation sites is 2. The van der Waals surface area contributed by atoms with Crippen molar-refractivity contribution in [1.82, 2.24) is 19.9 Å². The standard InChI is InChI=1S/C27H25N5O2/c1-2-34-20-14-12-19(13-15-20)32-25(28)23(27(33)29-17-16-18-8-4-3-5-9-18)24-26(32)31-22-11-7-6-10-21(22)30-24/h3-15H,2,16-17,28H2,1H3,(H,29,33). The van der Waals surface area contributed by atoms with Crippen LogP contribution in [0.15, 0.2) is 78.9 Å². The van der Waals surface area contributed by atoms with E-state index in [1.165, 1.54) is 0 Å². The molecule has 5 rings (SSSR count). The Labute approximate surface area is 197 Å². The maximum atomic E-state index is 13.3. The molecule has 7 nitrogen and oxygen atoms in total. The van der Waals surface area contributed by atoms with Gasteiger partial charge in [0.05, 0.1) is 17.6 Å². The number of carbonyl (C=O) groups excluding carboxylic acids is 1. The summed E-state index contributed by atoms with van der Waals surface area (Å²) < 4.78 is 7.34. The van der Waals surface area contributed by atoms with Gasteiger partial charge in [-0.3, -0.25) is 9.36 Å². The predicted octanol–water partition coefficient (Wildman–Crippen LogP) is 4.53. The quantitative estimate of drug-likeness (QED) is 0.379. The van der Waals surface area contributed by atoms with Crippen molar-refractivity contribution in [2.75, 3.05) is 18.9 Å². The van der Waals surface area contributed by atoms with E-state index in [4.69, 9.17) is 20.4 Å². The first kappa shape index (κ1) is 21.5. The molecule has 0 aliphatic carbocycles. The van der Waals surface area contributed by atoms with Gasteiger partial charge in [0.15, 0.2) is 5.65 Å². The Kier molecular flexibility index (Phi) is 5.82. The number of amides is 1. The van der Waals surface area contributed by atoms with Crippen LogP contribution in [-0.4, -0.2) is 33.6 Å². The number of fused-ring (bicyclic) bond motifs is 2. The highest BCUT2D eigenvalue weighted by Gasteiger charge is 2.24. The number of ether oxygens (including phenoxy) is 1. The number of rotatable bonds is 7. The number of benzene rings is 3. The third-order valence-electron chi connectivity index (χ3n) is 5.67. The molecule has 5 aromatic rings. The highest BCUT2D eigenvalue weighted by molar-refractivity contribution is 6.11. The van der Waals surface area contributed by atoms with E-state index in [1.54, 1.807) is 4.57 Å². The van der Waals surface area contributed by atoms with Gasteiger partial charge in [-0.15, -0.1) is 0 Å². The molecule has 0 saturated carbocycles. The summed E-state index contributed by atoms with van der Waals surface area (Å²) >= 11 is 0. The van der Waals surface area contributed by atoms with Crippen LogP contribution in [0.4, 0.5) is 5.82 Å². The summed E-state index contributed by atoms with van der Waals surface area (Å²) in [5.74, 6) is 0.788. The fourth-order valence-electron chi connectivity index (χ4n) is 4.06. The number of carbonyl (C=O) groups is 1. The van der Waals surface area contributed by atoms with Crippen molar-refractivity contribution in [2.45, 2.75) is 13.3 Å². The van der Waals surface area contributed by atoms with Gasteiger partial charge in [-0.25, -0.2) is 9.97 Å². The zero-order valence-corrected chi connectivity index (χ0v) is 18.9. The third-order valence-corrected chi connectivity index (χ3v) is 5.67. The lowest BCUT2D eigenvalue weighted by Crippen LogP contribution is -2.26. The van der Waals surface area contributed by atoms with E-state index in [0.717, 1.165) is 28.9 Å². The number of aromatic nitrogens is 3. The first-order valence-corrected chi connectivity index (χ1v) is 11.3. The largest absolute Gasteiger partial charge is 0.494 e. The van der Waals surface area contributed by atoms with Crippen LogP contribution in [-0.2, 0) is 6.42 Å². The maximum absolute atomic E-state index is 13.3. The van der Waals surface area contributed by atoms with Gasteiger partial charge in [-0.2, -0.15) is 0 Å². The van der Waals surface area contributed by atoms with E-state index < -0.39 is 0 Å². The summed E-state index contributed by atoms with van der Waals surface area (Å²) in [7, 11) is 0. The van der Waals surface area contributed by atoms with Crippen molar-refractivity contribution in [3.8, 4) is 11.4 Å². The summed E-state index contributed by atoms with van der Waals surface area (Å²) in [6, 6.07) is 25.1. The zero-order chi connectivity index (χ0) is 23.5. The summed E-state index contributed by atoms with van der Waals surface area (Å²) in [6.07, 6.45) is 0.721. The number of hydrogen-bond acceptors (Lipinski definition) is 5. The Balaban J connectivity index is 1.57. The molecule has 170 valence electrons. The van der Waals surface area contributed by atoms with Crippen molar-refractivity contribution in [3.63, 3.8) is 0 Å². The predicted molar refractivity (Wildman–Crippen MR) is 134 cm³/mol. The Morgan fingerprint density at radius 2 is 1.62 bits per heavy atom. The van der Waals surface area contributed by atoms with Crippen LogP contribution in [0.5, 0.6) is 5.75 Å². The molecule has 0 aliphatic rings. The van der Waals surface area contributed by atoms with Gasteiger partial charge in [0.1, 0.15) is 22.6 Å². The number of hydrogen-bond donors (Lipinski definition) is 2. The lowest BCUT2D eigenvalue weighted by atomic mass is 10.1. The summed E-state index contributed by atoms with van der Waals surface area (Å²) in [6.45, 7) is 3.01. The minimum absolute atomic E-state index is 0.271. The van der Waals surface area contributed by atoms with Gasteiger partial charge >= 0.3 is 0 Å². The molecule has 0 aliphatic heterocycles. The second kappa shape index (κ2) is 9.23. The lowest BCUT2D eigenvalue weighted by Gasteiger charge is -2.10. The van der Waals surface area contributed by atoms with E-state index in [9.17, 15) is 4.79 Å². The van der Waals surface area contributed by atoms with Crippen molar-refractivity contribution in [2.24, 2.45) is 0 Å². The minimum Gasteiger partial charge on any atom is -0.494 e. The van der Waals surface area contributed by atoms with Crippen LogP contribution in [0.25, 0.3) is 27.9 Å². The molecule has 2 aromatic heterocycles. The Bertz CT molecular complexity index is 1460. The van der Waals surface area contributed by atoms with Gasteiger partial charge in [0, 0.05) is 12.2 Å². The number of anilines is 1. The summed E-state index contributed by atoms with van der Waals surface area (Å²) in [4.78, 5) is 22.9. The Morgan fingerprint density at radius 1 is 0.941 bits per heavy atom. The molecule has 0 fully saturated rings. The van der Waals surface area contributed by atoms with Crippen molar-refractivity contribution in [1.29, 1.82) is 0 Å². The van der Waals surface area contributed by atoms with Crippen molar-refractivity contribution >= 4 is 33.9 Å². The second-order valence-corrected chi connectivity index (χ2v) is 7.90. The monoisotopic (exact) mass is 451 g/mol. The molecular weight excluding hydrogens is 426 g/mol. The molecule has 0 radical (unpaired) electrons. The lowest BCUT2D eigenvalue weighted by molar-refractivity contribution is 0.0956. The fraction of sp³-hybridized carbons (Fsp3) is 0.148. The van der Waals surface area contributed by atoms with Crippen LogP contribution in [0.1, 0.15) is 22.8 Å². The molecule has 2 heterocycles. The smallest absolute Gasteiger partial charge is 0.257 e. The molecule has 0 saturated heterocycles. The zero-order valence-electron chi connectivity index (χ0n) is 18.9. The first-order chi connectivity index (χ1) is 16.7. The molecule has 1 amide bonds.